The number of alkyl halides is 3. The van der Waals surface area contributed by atoms with Crippen molar-refractivity contribution in [3.63, 3.8) is 0 Å². The highest BCUT2D eigenvalue weighted by Crippen LogP contribution is 2.23. The minimum Gasteiger partial charge on any atom is -0.480 e. The summed E-state index contributed by atoms with van der Waals surface area (Å²) >= 11 is 0. The van der Waals surface area contributed by atoms with Gasteiger partial charge in [-0.3, -0.25) is 24.0 Å². The average Bonchev–Trinajstić information content (AvgIpc) is 3.13. The highest BCUT2D eigenvalue weighted by molar-refractivity contribution is 5.98. The molecule has 0 bridgehead atoms. The lowest BCUT2D eigenvalue weighted by Gasteiger charge is -2.31. The number of ether oxygens (including phenoxy) is 1. The van der Waals surface area contributed by atoms with E-state index in [4.69, 9.17) is 5.73 Å². The van der Waals surface area contributed by atoms with Crippen molar-refractivity contribution in [2.45, 2.75) is 124 Å². The van der Waals surface area contributed by atoms with Gasteiger partial charge in [0.05, 0.1) is 0 Å². The maximum atomic E-state index is 14.0. The van der Waals surface area contributed by atoms with E-state index in [0.29, 0.717) is 6.42 Å². The van der Waals surface area contributed by atoms with E-state index in [0.717, 1.165) is 29.8 Å². The van der Waals surface area contributed by atoms with E-state index in [1.165, 1.54) is 0 Å². The zero-order valence-corrected chi connectivity index (χ0v) is 34.3. The first-order chi connectivity index (χ1) is 27.0. The summed E-state index contributed by atoms with van der Waals surface area (Å²) < 4.78 is 41.7. The quantitative estimate of drug-likeness (QED) is 0.0910. The standard InChI is InChI=1S/C41H59F3N6O8/c1-9-25(8)35(39(55)50-34(24(6)7)40(56)57)48-32(51)21-29(45)30(20-26-13-11-10-12-14-26)46-38(54)33(23(4)5)49-37(53)31(19-22(2)3)47-36(52)27-15-17-28(18-16-27)58-41(42,43)44/h10-18,22-25,29-31,33-35H,9,19-21,45H2,1-8H3,(H,46,54)(H,47,52)(H,48,51)(H,49,53)(H,50,55)(H,56,57)/t25-,29?,30?,31-,33-,34-,35-/m0/s1. The monoisotopic (exact) mass is 820 g/mol. The van der Waals surface area contributed by atoms with Gasteiger partial charge in [-0.2, -0.15) is 0 Å². The van der Waals surface area contributed by atoms with Crippen molar-refractivity contribution in [1.82, 2.24) is 26.6 Å². The Morgan fingerprint density at radius 1 is 0.724 bits per heavy atom. The number of amides is 5. The molecule has 14 nitrogen and oxygen atoms in total. The molecule has 0 aliphatic carbocycles. The van der Waals surface area contributed by atoms with Gasteiger partial charge in [-0.05, 0) is 66.3 Å². The third kappa shape index (κ3) is 16.3. The van der Waals surface area contributed by atoms with Crippen LogP contribution in [-0.2, 0) is 30.4 Å². The molecule has 0 saturated carbocycles. The van der Waals surface area contributed by atoms with Crippen LogP contribution in [0.15, 0.2) is 54.6 Å². The van der Waals surface area contributed by atoms with E-state index in [2.05, 4.69) is 31.3 Å². The van der Waals surface area contributed by atoms with Crippen LogP contribution in [0.25, 0.3) is 0 Å². The molecule has 8 N–H and O–H groups in total. The number of hydrogen-bond donors (Lipinski definition) is 7. The molecule has 0 aromatic heterocycles. The summed E-state index contributed by atoms with van der Waals surface area (Å²) in [7, 11) is 0. The van der Waals surface area contributed by atoms with Crippen LogP contribution in [0.1, 0.15) is 90.6 Å². The average molecular weight is 821 g/mol. The fraction of sp³-hybridized carbons (Fsp3) is 0.561. The molecule has 58 heavy (non-hydrogen) atoms. The SMILES string of the molecule is CC[C@H](C)[C@H](NC(=O)CC(N)C(Cc1ccccc1)NC(=O)[C@@H](NC(=O)[C@H](CC(C)C)NC(=O)c1ccc(OC(F)(F)F)cc1)C(C)C)C(=O)N[C@H](C(=O)O)C(C)C. The van der Waals surface area contributed by atoms with Crippen molar-refractivity contribution in [2.75, 3.05) is 0 Å². The van der Waals surface area contributed by atoms with Crippen LogP contribution in [0.5, 0.6) is 5.75 Å². The van der Waals surface area contributed by atoms with Gasteiger partial charge < -0.3 is 42.2 Å². The molecule has 0 fully saturated rings. The van der Waals surface area contributed by atoms with Crippen molar-refractivity contribution in [3.05, 3.63) is 65.7 Å². The van der Waals surface area contributed by atoms with E-state index in [-0.39, 0.29) is 36.7 Å². The number of hydrogen-bond acceptors (Lipinski definition) is 8. The third-order valence-corrected chi connectivity index (χ3v) is 9.53. The molecule has 322 valence electrons. The van der Waals surface area contributed by atoms with Crippen molar-refractivity contribution in [3.8, 4) is 5.75 Å². The van der Waals surface area contributed by atoms with Gasteiger partial charge in [0.15, 0.2) is 0 Å². The molecule has 2 aromatic rings. The number of carbonyl (C=O) groups is 6. The van der Waals surface area contributed by atoms with Crippen molar-refractivity contribution < 1.29 is 51.8 Å². The molecule has 5 amide bonds. The molecule has 0 radical (unpaired) electrons. The zero-order valence-electron chi connectivity index (χ0n) is 34.3. The second-order valence-corrected chi connectivity index (χ2v) is 15.6. The van der Waals surface area contributed by atoms with Crippen LogP contribution in [0.2, 0.25) is 0 Å². The Labute approximate surface area is 338 Å². The Bertz CT molecular complexity index is 1670. The molecular formula is C41H59F3N6O8. The topological polar surface area (TPSA) is 218 Å². The van der Waals surface area contributed by atoms with Gasteiger partial charge >= 0.3 is 12.3 Å². The van der Waals surface area contributed by atoms with Gasteiger partial charge in [0, 0.05) is 24.1 Å². The second-order valence-electron chi connectivity index (χ2n) is 15.6. The number of rotatable bonds is 22. The van der Waals surface area contributed by atoms with E-state index in [1.54, 1.807) is 46.8 Å². The van der Waals surface area contributed by atoms with Gasteiger partial charge in [-0.1, -0.05) is 92.1 Å². The number of nitrogens with two attached hydrogens (primary N) is 1. The van der Waals surface area contributed by atoms with Crippen LogP contribution in [0.3, 0.4) is 0 Å². The largest absolute Gasteiger partial charge is 0.573 e. The van der Waals surface area contributed by atoms with Gasteiger partial charge in [-0.15, -0.1) is 13.2 Å². The molecule has 17 heteroatoms. The molecule has 0 aliphatic rings. The van der Waals surface area contributed by atoms with Crippen molar-refractivity contribution in [2.24, 2.45) is 29.4 Å². The smallest absolute Gasteiger partial charge is 0.480 e. The lowest BCUT2D eigenvalue weighted by Crippen LogP contribution is -2.60. The van der Waals surface area contributed by atoms with Gasteiger partial charge in [-0.25, -0.2) is 4.79 Å². The predicted molar refractivity (Wildman–Crippen MR) is 211 cm³/mol. The minimum absolute atomic E-state index is 0.0212. The summed E-state index contributed by atoms with van der Waals surface area (Å²) in [5.41, 5.74) is 7.38. The van der Waals surface area contributed by atoms with Crippen LogP contribution < -0.4 is 37.1 Å². The molecular weight excluding hydrogens is 761 g/mol. The Morgan fingerprint density at radius 3 is 1.78 bits per heavy atom. The molecule has 2 unspecified atom stereocenters. The first-order valence-corrected chi connectivity index (χ1v) is 19.4. The summed E-state index contributed by atoms with van der Waals surface area (Å²) in [6.07, 6.45) is -4.38. The third-order valence-electron chi connectivity index (χ3n) is 9.53. The fourth-order valence-corrected chi connectivity index (χ4v) is 6.04. The molecule has 2 aromatic carbocycles. The van der Waals surface area contributed by atoms with Crippen LogP contribution in [0.4, 0.5) is 13.2 Å². The number of aliphatic carboxylic acids is 1. The van der Waals surface area contributed by atoms with Gasteiger partial charge in [0.1, 0.15) is 29.9 Å². The molecule has 0 aliphatic heterocycles. The van der Waals surface area contributed by atoms with Crippen LogP contribution >= 0.6 is 0 Å². The summed E-state index contributed by atoms with van der Waals surface area (Å²) in [5.74, 6) is -6.32. The van der Waals surface area contributed by atoms with Gasteiger partial charge in [0.25, 0.3) is 5.91 Å². The summed E-state index contributed by atoms with van der Waals surface area (Å²) in [6.45, 7) is 13.9. The predicted octanol–water partition coefficient (Wildman–Crippen LogP) is 4.07. The number of nitrogens with one attached hydrogen (secondary N) is 5. The van der Waals surface area contributed by atoms with Crippen LogP contribution in [0, 0.1) is 23.7 Å². The highest BCUT2D eigenvalue weighted by Gasteiger charge is 2.35. The maximum Gasteiger partial charge on any atom is 0.573 e. The summed E-state index contributed by atoms with van der Waals surface area (Å²) in [6, 6.07) is 6.95. The van der Waals surface area contributed by atoms with E-state index in [9.17, 15) is 47.0 Å². The Hall–Kier alpha value is -5.19. The Kier molecular flexibility index (Phi) is 19.1. The molecule has 2 rings (SSSR count). The molecule has 0 heterocycles. The normalized spacial score (nSPS) is 15.3. The Balaban J connectivity index is 2.28. The number of carboxylic acids is 1. The molecule has 0 spiro atoms. The number of halogens is 3. The minimum atomic E-state index is -4.91. The van der Waals surface area contributed by atoms with E-state index < -0.39 is 95.7 Å². The zero-order chi connectivity index (χ0) is 43.9. The van der Waals surface area contributed by atoms with Crippen molar-refractivity contribution >= 4 is 35.5 Å². The first kappa shape index (κ1) is 49.0. The molecule has 7 atom stereocenters. The van der Waals surface area contributed by atoms with Crippen molar-refractivity contribution in [1.29, 1.82) is 0 Å². The van der Waals surface area contributed by atoms with E-state index in [1.807, 2.05) is 39.0 Å². The summed E-state index contributed by atoms with van der Waals surface area (Å²) in [5, 5.41) is 23.1. The fourth-order valence-electron chi connectivity index (χ4n) is 6.04. The first-order valence-electron chi connectivity index (χ1n) is 19.4. The second kappa shape index (κ2) is 22.7. The highest BCUT2D eigenvalue weighted by atomic mass is 19.4. The summed E-state index contributed by atoms with van der Waals surface area (Å²) in [4.78, 5) is 79.3. The lowest BCUT2D eigenvalue weighted by atomic mass is 9.94. The lowest BCUT2D eigenvalue weighted by molar-refractivity contribution is -0.274. The molecule has 0 saturated heterocycles. The number of carbonyl (C=O) groups excluding carboxylic acids is 5. The number of benzene rings is 2. The maximum absolute atomic E-state index is 14.0. The number of carboxylic acid groups (broad SMARTS) is 1. The van der Waals surface area contributed by atoms with E-state index >= 15 is 0 Å². The van der Waals surface area contributed by atoms with Gasteiger partial charge in [0.2, 0.25) is 23.6 Å². The van der Waals surface area contributed by atoms with Crippen LogP contribution in [-0.4, -0.2) is 83.2 Å². The Morgan fingerprint density at radius 2 is 1.28 bits per heavy atom.